The predicted molar refractivity (Wildman–Crippen MR) is 325 cm³/mol. The van der Waals surface area contributed by atoms with Crippen molar-refractivity contribution in [2.24, 2.45) is 17.6 Å². The Bertz CT molecular complexity index is 2060. The third-order valence-electron chi connectivity index (χ3n) is 15.2. The molecule has 0 saturated heterocycles. The van der Waals surface area contributed by atoms with Crippen LogP contribution in [0.5, 0.6) is 5.75 Å². The Labute approximate surface area is 509 Å². The van der Waals surface area contributed by atoms with Crippen LogP contribution in [-0.2, 0) is 68.5 Å². The molecule has 3 atom stereocenters. The monoisotopic (exact) mass is 1220 g/mol. The zero-order chi connectivity index (χ0) is 62.8. The van der Waals surface area contributed by atoms with Gasteiger partial charge in [0.2, 0.25) is 35.4 Å². The third-order valence-corrected chi connectivity index (χ3v) is 15.2. The molecule has 1 unspecified atom stereocenters. The molecule has 24 nitrogen and oxygen atoms in total. The summed E-state index contributed by atoms with van der Waals surface area (Å²) in [5.74, 6) is -3.85. The molecule has 24 heteroatoms. The Morgan fingerprint density at radius 3 is 1.52 bits per heavy atom. The number of hydrogen-bond donors (Lipinski definition) is 11. The first-order chi connectivity index (χ1) is 41.6. The molecule has 1 aliphatic rings. The summed E-state index contributed by atoms with van der Waals surface area (Å²) in [6.45, 7) is 2.09. The van der Waals surface area contributed by atoms with Gasteiger partial charge in [0.1, 0.15) is 25.0 Å². The summed E-state index contributed by atoms with van der Waals surface area (Å²) in [6, 6.07) is 4.00. The molecule has 1 aromatic carbocycles. The van der Waals surface area contributed by atoms with Crippen molar-refractivity contribution in [3.63, 3.8) is 0 Å². The Kier molecular flexibility index (Phi) is 44.6. The van der Waals surface area contributed by atoms with E-state index < -0.39 is 36.0 Å². The van der Waals surface area contributed by atoms with Gasteiger partial charge in [0, 0.05) is 51.4 Å². The number of carbonyl (C=O) groups excluding carboxylic acids is 7. The number of phenolic OH excluding ortho intramolecular Hbond substituents is 1. The zero-order valence-corrected chi connectivity index (χ0v) is 51.4. The molecule has 1 aliphatic carbocycles. The molecule has 0 heterocycles. The van der Waals surface area contributed by atoms with Crippen LogP contribution in [0, 0.1) is 11.8 Å². The number of phenols is 1. The predicted octanol–water partition coefficient (Wildman–Crippen LogP) is 4.50. The van der Waals surface area contributed by atoms with E-state index in [-0.39, 0.29) is 151 Å². The highest BCUT2D eigenvalue weighted by molar-refractivity contribution is 5.87. The van der Waals surface area contributed by atoms with E-state index in [1.165, 1.54) is 76.3 Å². The highest BCUT2D eigenvalue weighted by Gasteiger charge is 2.30. The number of hydrogen-bond acceptors (Lipinski definition) is 16. The van der Waals surface area contributed by atoms with Crippen molar-refractivity contribution < 1.29 is 77.4 Å². The molecule has 0 spiro atoms. The summed E-state index contributed by atoms with van der Waals surface area (Å²) in [4.78, 5) is 109. The zero-order valence-electron chi connectivity index (χ0n) is 51.4. The number of ether oxygens (including phenoxy) is 4. The second kappa shape index (κ2) is 50.2. The highest BCUT2D eigenvalue weighted by Crippen LogP contribution is 2.29. The number of carbonyl (C=O) groups is 9. The fourth-order valence-corrected chi connectivity index (χ4v) is 9.98. The molecule has 0 aliphatic heterocycles. The van der Waals surface area contributed by atoms with Crippen molar-refractivity contribution in [3.8, 4) is 5.75 Å². The van der Waals surface area contributed by atoms with Gasteiger partial charge in [0.25, 0.3) is 0 Å². The molecule has 0 aromatic heterocycles. The number of benzene rings is 1. The van der Waals surface area contributed by atoms with E-state index in [4.69, 9.17) is 29.8 Å². The van der Waals surface area contributed by atoms with Crippen LogP contribution in [0.1, 0.15) is 179 Å². The fraction of sp³-hybridized carbons (Fsp3) is 0.758. The second-order valence-electron chi connectivity index (χ2n) is 22.4. The SMILES string of the molecule is CN[C@@H](CCCCNC(=O)COCCOCCNC(=O)COCCOCCNC(=O)CCC(NC(=O)C1CCC(CNC(=O)CCCCCCCCCCCCCCCCCCC(=O)O)CC1)C(=O)O)C(=O)CN[C@H](Cc1ccc(O)cc1)C(N)=O. The van der Waals surface area contributed by atoms with E-state index in [9.17, 15) is 53.4 Å². The minimum atomic E-state index is -1.21. The molecule has 0 bridgehead atoms. The van der Waals surface area contributed by atoms with E-state index in [0.717, 1.165) is 56.9 Å². The molecule has 12 N–H and O–H groups in total. The quantitative estimate of drug-likeness (QED) is 0.0400. The first kappa shape index (κ1) is 76.3. The van der Waals surface area contributed by atoms with Crippen LogP contribution in [-0.4, -0.2) is 179 Å². The van der Waals surface area contributed by atoms with E-state index in [1.54, 1.807) is 19.2 Å². The highest BCUT2D eigenvalue weighted by atomic mass is 16.5. The summed E-state index contributed by atoms with van der Waals surface area (Å²) in [5.41, 5.74) is 6.32. The average Bonchev–Trinajstić information content (AvgIpc) is 3.70. The van der Waals surface area contributed by atoms with Crippen LogP contribution in [0.15, 0.2) is 24.3 Å². The van der Waals surface area contributed by atoms with Crippen molar-refractivity contribution in [2.45, 2.75) is 198 Å². The Morgan fingerprint density at radius 2 is 1.01 bits per heavy atom. The number of nitrogens with one attached hydrogen (secondary N) is 7. The maximum atomic E-state index is 13.0. The average molecular weight is 1220 g/mol. The number of aromatic hydroxyl groups is 1. The van der Waals surface area contributed by atoms with E-state index in [1.807, 2.05) is 0 Å². The van der Waals surface area contributed by atoms with Gasteiger partial charge in [-0.1, -0.05) is 102 Å². The summed E-state index contributed by atoms with van der Waals surface area (Å²) >= 11 is 0. The van der Waals surface area contributed by atoms with E-state index >= 15 is 0 Å². The molecular formula is C62H106N8O16. The van der Waals surface area contributed by atoms with Crippen LogP contribution in [0.2, 0.25) is 0 Å². The number of unbranched alkanes of at least 4 members (excludes halogenated alkanes) is 16. The lowest BCUT2D eigenvalue weighted by Gasteiger charge is -2.28. The van der Waals surface area contributed by atoms with Crippen LogP contribution in [0.4, 0.5) is 0 Å². The summed E-state index contributed by atoms with van der Waals surface area (Å²) < 4.78 is 21.6. The second-order valence-corrected chi connectivity index (χ2v) is 22.4. The Morgan fingerprint density at radius 1 is 0.523 bits per heavy atom. The number of Topliss-reactive ketones (excluding diaryl/α,β-unsaturated/α-hetero) is 1. The minimum Gasteiger partial charge on any atom is -0.508 e. The molecule has 0 radical (unpaired) electrons. The van der Waals surface area contributed by atoms with Gasteiger partial charge in [-0.2, -0.15) is 0 Å². The van der Waals surface area contributed by atoms with Gasteiger partial charge in [-0.05, 0) is 101 Å². The molecule has 1 aromatic rings. The number of aliphatic carboxylic acids is 2. The Hall–Kier alpha value is -5.79. The van der Waals surface area contributed by atoms with Crippen molar-refractivity contribution in [2.75, 3.05) is 92.6 Å². The summed E-state index contributed by atoms with van der Waals surface area (Å²) in [5, 5.41) is 47.7. The minimum absolute atomic E-state index is 0.0507. The van der Waals surface area contributed by atoms with Crippen molar-refractivity contribution >= 4 is 53.2 Å². The van der Waals surface area contributed by atoms with Gasteiger partial charge in [0.15, 0.2) is 5.78 Å². The Balaban J connectivity index is 1.37. The van der Waals surface area contributed by atoms with Gasteiger partial charge in [-0.3, -0.25) is 43.7 Å². The number of nitrogens with two attached hydrogens (primary N) is 1. The molecule has 1 saturated carbocycles. The number of amides is 6. The van der Waals surface area contributed by atoms with Crippen LogP contribution >= 0.6 is 0 Å². The lowest BCUT2D eigenvalue weighted by Crippen LogP contribution is -2.48. The fourth-order valence-electron chi connectivity index (χ4n) is 9.98. The largest absolute Gasteiger partial charge is 0.508 e. The molecule has 1 fully saturated rings. The molecule has 6 amide bonds. The van der Waals surface area contributed by atoms with Gasteiger partial charge in [0.05, 0.1) is 58.3 Å². The molecular weight excluding hydrogens is 1110 g/mol. The van der Waals surface area contributed by atoms with E-state index in [2.05, 4.69) is 37.2 Å². The topological polar surface area (TPSA) is 361 Å². The lowest BCUT2D eigenvalue weighted by atomic mass is 9.81. The van der Waals surface area contributed by atoms with Crippen LogP contribution < -0.4 is 43.0 Å². The molecule has 490 valence electrons. The molecule has 2 rings (SSSR count). The number of carboxylic acid groups (broad SMARTS) is 2. The van der Waals surface area contributed by atoms with Gasteiger partial charge in [-0.25, -0.2) is 4.79 Å². The van der Waals surface area contributed by atoms with Crippen molar-refractivity contribution in [1.29, 1.82) is 0 Å². The summed E-state index contributed by atoms with van der Waals surface area (Å²) in [7, 11) is 1.68. The number of carboxylic acids is 2. The number of rotatable bonds is 56. The smallest absolute Gasteiger partial charge is 0.326 e. The number of primary amides is 1. The van der Waals surface area contributed by atoms with Gasteiger partial charge >= 0.3 is 11.9 Å². The van der Waals surface area contributed by atoms with Gasteiger partial charge < -0.3 is 71.9 Å². The third kappa shape index (κ3) is 41.3. The van der Waals surface area contributed by atoms with Gasteiger partial charge in [-0.15, -0.1) is 0 Å². The van der Waals surface area contributed by atoms with E-state index in [0.29, 0.717) is 51.6 Å². The standard InChI is InChI=1S/C62H106N8O16/c1-64-51(54(72)44-68-53(60(63)79)42-47-25-29-50(71)30-26-47)20-18-19-33-65-57(75)45-85-40-39-84-37-35-67-58(76)46-86-41-38-83-36-34-66-56(74)32-31-52(62(81)82)70-61(80)49-27-23-48(24-28-49)43-69-55(73)21-16-14-12-10-8-6-4-2-3-5-7-9-11-13-15-17-22-59(77)78/h25-26,29-30,48-49,51-53,64,68,71H,2-24,27-28,31-46H2,1H3,(H2,63,79)(H,65,75)(H,66,74)(H,67,76)(H,69,73)(H,70,80)(H,77,78)(H,81,82)/t48?,49?,51-,52?,53+/m0/s1. The maximum absolute atomic E-state index is 13.0. The number of likely N-dealkylation sites (N-methyl/N-ethyl adjacent to an activating group) is 1. The van der Waals surface area contributed by atoms with Crippen molar-refractivity contribution in [1.82, 2.24) is 37.2 Å². The lowest BCUT2D eigenvalue weighted by molar-refractivity contribution is -0.143. The number of ketones is 1. The van der Waals surface area contributed by atoms with Crippen LogP contribution in [0.3, 0.4) is 0 Å². The first-order valence-electron chi connectivity index (χ1n) is 31.7. The van der Waals surface area contributed by atoms with Crippen LogP contribution in [0.25, 0.3) is 0 Å². The molecule has 86 heavy (non-hydrogen) atoms. The maximum Gasteiger partial charge on any atom is 0.326 e. The van der Waals surface area contributed by atoms with Crippen molar-refractivity contribution in [3.05, 3.63) is 29.8 Å². The summed E-state index contributed by atoms with van der Waals surface area (Å²) in [6.07, 6.45) is 24.1. The normalized spacial score (nSPS) is 15.0. The first-order valence-corrected chi connectivity index (χ1v) is 31.7.